The minimum atomic E-state index is 0.445. The molecule has 0 spiro atoms. The lowest BCUT2D eigenvalue weighted by atomic mass is 10.2. The Morgan fingerprint density at radius 2 is 2.14 bits per heavy atom. The first kappa shape index (κ1) is 10.7. The lowest BCUT2D eigenvalue weighted by Gasteiger charge is -2.01. The van der Waals surface area contributed by atoms with Crippen LogP contribution in [0.4, 0.5) is 0 Å². The molecule has 1 aromatic rings. The summed E-state index contributed by atoms with van der Waals surface area (Å²) in [6.45, 7) is 4.95. The van der Waals surface area contributed by atoms with Crippen LogP contribution in [0.1, 0.15) is 44.0 Å². The van der Waals surface area contributed by atoms with Gasteiger partial charge in [0.2, 0.25) is 0 Å². The van der Waals surface area contributed by atoms with Crippen LogP contribution in [0.15, 0.2) is 0 Å². The summed E-state index contributed by atoms with van der Waals surface area (Å²) in [4.78, 5) is 0. The summed E-state index contributed by atoms with van der Waals surface area (Å²) in [5.74, 6) is 0. The molecule has 0 saturated heterocycles. The molecule has 0 saturated carbocycles. The predicted octanol–water partition coefficient (Wildman–Crippen LogP) is 2.04. The first-order valence-corrected chi connectivity index (χ1v) is 5.09. The molecule has 1 rings (SSSR count). The van der Waals surface area contributed by atoms with E-state index in [-0.39, 0.29) is 0 Å². The maximum atomic E-state index is 8.68. The Balaban J connectivity index is 2.44. The van der Waals surface area contributed by atoms with Crippen molar-refractivity contribution in [2.24, 2.45) is 0 Å². The third-order valence-electron chi connectivity index (χ3n) is 2.31. The van der Waals surface area contributed by atoms with Crippen molar-refractivity contribution < 1.29 is 0 Å². The molecule has 14 heavy (non-hydrogen) atoms. The normalized spacial score (nSPS) is 10.1. The zero-order valence-corrected chi connectivity index (χ0v) is 8.82. The minimum Gasteiger partial charge on any atom is -0.248 e. The van der Waals surface area contributed by atoms with E-state index in [1.54, 1.807) is 0 Å². The number of nitrogens with zero attached hydrogens (tertiary/aromatic N) is 4. The lowest BCUT2D eigenvalue weighted by molar-refractivity contribution is 0.519. The molecule has 76 valence electrons. The highest BCUT2D eigenvalue weighted by Crippen LogP contribution is 2.05. The molecule has 0 radical (unpaired) electrons. The first-order valence-electron chi connectivity index (χ1n) is 5.09. The molecule has 0 aromatic carbocycles. The molecule has 0 atom stereocenters. The van der Waals surface area contributed by atoms with Gasteiger partial charge in [0.1, 0.15) is 6.07 Å². The maximum absolute atomic E-state index is 8.68. The van der Waals surface area contributed by atoms with E-state index < -0.39 is 0 Å². The Kier molecular flexibility index (Phi) is 4.11. The number of unbranched alkanes of at least 4 members (excludes halogenated alkanes) is 3. The van der Waals surface area contributed by atoms with Crippen molar-refractivity contribution in [1.82, 2.24) is 15.0 Å². The second-order valence-electron chi connectivity index (χ2n) is 3.42. The van der Waals surface area contributed by atoms with Gasteiger partial charge in [0.05, 0.1) is 5.69 Å². The van der Waals surface area contributed by atoms with Crippen LogP contribution in [0.5, 0.6) is 0 Å². The molecule has 0 aliphatic heterocycles. The van der Waals surface area contributed by atoms with Gasteiger partial charge in [-0.25, -0.2) is 4.68 Å². The molecule has 0 aliphatic carbocycles. The van der Waals surface area contributed by atoms with Crippen LogP contribution in [0, 0.1) is 18.3 Å². The van der Waals surface area contributed by atoms with Crippen LogP contribution < -0.4 is 0 Å². The van der Waals surface area contributed by atoms with Crippen LogP contribution in [0.3, 0.4) is 0 Å². The Labute approximate surface area is 84.5 Å². The molecule has 0 unspecified atom stereocenters. The molecule has 0 aliphatic rings. The molecule has 0 N–H and O–H groups in total. The molecular weight excluding hydrogens is 176 g/mol. The number of aryl methyl sites for hydroxylation is 1. The Hall–Kier alpha value is -1.37. The number of rotatable bonds is 5. The largest absolute Gasteiger partial charge is 0.248 e. The lowest BCUT2D eigenvalue weighted by Crippen LogP contribution is -2.02. The smallest absolute Gasteiger partial charge is 0.185 e. The number of nitriles is 1. The van der Waals surface area contributed by atoms with Crippen LogP contribution in [0.25, 0.3) is 0 Å². The summed E-state index contributed by atoms with van der Waals surface area (Å²) in [6, 6.07) is 2.02. The molecule has 0 bridgehead atoms. The standard InChI is InChI=1S/C10H16N4/c1-3-4-5-6-7-14-9(2)10(8-11)12-13-14/h3-7H2,1-2H3. The Morgan fingerprint density at radius 3 is 2.71 bits per heavy atom. The SMILES string of the molecule is CCCCCCn1nnc(C#N)c1C. The van der Waals surface area contributed by atoms with Gasteiger partial charge in [-0.1, -0.05) is 31.4 Å². The highest BCUT2D eigenvalue weighted by Gasteiger charge is 2.06. The average Bonchev–Trinajstić information content (AvgIpc) is 2.55. The van der Waals surface area contributed by atoms with E-state index in [1.165, 1.54) is 19.3 Å². The van der Waals surface area contributed by atoms with Crippen LogP contribution in [-0.4, -0.2) is 15.0 Å². The van der Waals surface area contributed by atoms with Gasteiger partial charge in [0.25, 0.3) is 0 Å². The fraction of sp³-hybridized carbons (Fsp3) is 0.700. The topological polar surface area (TPSA) is 54.5 Å². The van der Waals surface area contributed by atoms with Crippen molar-refractivity contribution in [3.05, 3.63) is 11.4 Å². The van der Waals surface area contributed by atoms with E-state index in [4.69, 9.17) is 5.26 Å². The first-order chi connectivity index (χ1) is 6.79. The van der Waals surface area contributed by atoms with E-state index in [9.17, 15) is 0 Å². The summed E-state index contributed by atoms with van der Waals surface area (Å²) in [5, 5.41) is 16.4. The fourth-order valence-electron chi connectivity index (χ4n) is 1.36. The Bertz CT molecular complexity index is 321. The van der Waals surface area contributed by atoms with Gasteiger partial charge in [0, 0.05) is 6.54 Å². The second kappa shape index (κ2) is 5.38. The molecule has 1 aromatic heterocycles. The van der Waals surface area contributed by atoms with Crippen molar-refractivity contribution >= 4 is 0 Å². The molecule has 4 nitrogen and oxygen atoms in total. The van der Waals surface area contributed by atoms with Gasteiger partial charge < -0.3 is 0 Å². The Morgan fingerprint density at radius 1 is 1.36 bits per heavy atom. The summed E-state index contributed by atoms with van der Waals surface area (Å²) in [7, 11) is 0. The third kappa shape index (κ3) is 2.56. The van der Waals surface area contributed by atoms with Gasteiger partial charge in [-0.05, 0) is 13.3 Å². The van der Waals surface area contributed by atoms with E-state index in [1.807, 2.05) is 17.7 Å². The van der Waals surface area contributed by atoms with Gasteiger partial charge in [-0.3, -0.25) is 0 Å². The zero-order chi connectivity index (χ0) is 10.4. The number of aromatic nitrogens is 3. The van der Waals surface area contributed by atoms with E-state index in [2.05, 4.69) is 17.2 Å². The summed E-state index contributed by atoms with van der Waals surface area (Å²) in [5.41, 5.74) is 1.32. The average molecular weight is 192 g/mol. The van der Waals surface area contributed by atoms with Crippen molar-refractivity contribution in [2.75, 3.05) is 0 Å². The van der Waals surface area contributed by atoms with Gasteiger partial charge in [-0.2, -0.15) is 5.26 Å². The summed E-state index contributed by atoms with van der Waals surface area (Å²) >= 11 is 0. The summed E-state index contributed by atoms with van der Waals surface area (Å²) in [6.07, 6.45) is 4.83. The predicted molar refractivity (Wildman–Crippen MR) is 53.6 cm³/mol. The third-order valence-corrected chi connectivity index (χ3v) is 2.31. The van der Waals surface area contributed by atoms with Crippen LogP contribution in [0.2, 0.25) is 0 Å². The highest BCUT2D eigenvalue weighted by molar-refractivity contribution is 5.22. The van der Waals surface area contributed by atoms with Crippen molar-refractivity contribution in [1.29, 1.82) is 5.26 Å². The van der Waals surface area contributed by atoms with Gasteiger partial charge in [0.15, 0.2) is 5.69 Å². The number of hydrogen-bond acceptors (Lipinski definition) is 3. The molecule has 4 heteroatoms. The summed E-state index contributed by atoms with van der Waals surface area (Å²) < 4.78 is 1.81. The van der Waals surface area contributed by atoms with Crippen molar-refractivity contribution in [2.45, 2.75) is 46.1 Å². The minimum absolute atomic E-state index is 0.445. The van der Waals surface area contributed by atoms with Crippen molar-refractivity contribution in [3.63, 3.8) is 0 Å². The van der Waals surface area contributed by atoms with E-state index in [0.717, 1.165) is 18.7 Å². The van der Waals surface area contributed by atoms with E-state index >= 15 is 0 Å². The van der Waals surface area contributed by atoms with E-state index in [0.29, 0.717) is 5.69 Å². The highest BCUT2D eigenvalue weighted by atomic mass is 15.4. The number of hydrogen-bond donors (Lipinski definition) is 0. The monoisotopic (exact) mass is 192 g/mol. The second-order valence-corrected chi connectivity index (χ2v) is 3.42. The molecule has 0 fully saturated rings. The maximum Gasteiger partial charge on any atom is 0.185 e. The van der Waals surface area contributed by atoms with Crippen LogP contribution in [-0.2, 0) is 6.54 Å². The van der Waals surface area contributed by atoms with Gasteiger partial charge >= 0.3 is 0 Å². The molecular formula is C10H16N4. The molecule has 0 amide bonds. The molecule has 1 heterocycles. The van der Waals surface area contributed by atoms with Crippen LogP contribution >= 0.6 is 0 Å². The quantitative estimate of drug-likeness (QED) is 0.671. The fourth-order valence-corrected chi connectivity index (χ4v) is 1.36. The zero-order valence-electron chi connectivity index (χ0n) is 8.82. The van der Waals surface area contributed by atoms with Gasteiger partial charge in [-0.15, -0.1) is 5.10 Å². The van der Waals surface area contributed by atoms with Crippen molar-refractivity contribution in [3.8, 4) is 6.07 Å².